The molecule has 2 aromatic carbocycles. The van der Waals surface area contributed by atoms with Gasteiger partial charge in [-0.1, -0.05) is 52.3 Å². The first-order chi connectivity index (χ1) is 8.25. The van der Waals surface area contributed by atoms with Gasteiger partial charge in [-0.15, -0.1) is 0 Å². The minimum absolute atomic E-state index is 0.602. The van der Waals surface area contributed by atoms with Crippen LogP contribution in [-0.2, 0) is 0 Å². The van der Waals surface area contributed by atoms with E-state index in [2.05, 4.69) is 76.4 Å². The van der Waals surface area contributed by atoms with Gasteiger partial charge in [0.05, 0.1) is 0 Å². The molecule has 1 fully saturated rings. The molecule has 3 rings (SSSR count). The minimum Gasteiger partial charge on any atom is -0.296 e. The number of hydrogen-bond acceptors (Lipinski definition) is 1. The first-order valence-corrected chi connectivity index (χ1v) is 6.60. The normalized spacial score (nSPS) is 22.5. The van der Waals surface area contributed by atoms with Crippen LogP contribution in [0.4, 0.5) is 0 Å². The Morgan fingerprint density at radius 1 is 1.12 bits per heavy atom. The Hall–Kier alpha value is -1.12. The second kappa shape index (κ2) is 4.28. The van der Waals surface area contributed by atoms with Crippen molar-refractivity contribution in [3.63, 3.8) is 0 Å². The third-order valence-electron chi connectivity index (χ3n) is 3.31. The fourth-order valence-electron chi connectivity index (χ4n) is 2.27. The van der Waals surface area contributed by atoms with Gasteiger partial charge < -0.3 is 0 Å². The van der Waals surface area contributed by atoms with Crippen molar-refractivity contribution in [2.24, 2.45) is 0 Å². The first kappa shape index (κ1) is 11.0. The van der Waals surface area contributed by atoms with Crippen LogP contribution in [0.2, 0.25) is 0 Å². The highest BCUT2D eigenvalue weighted by Gasteiger charge is 2.32. The molecule has 0 spiro atoms. The molecule has 17 heavy (non-hydrogen) atoms. The molecule has 0 N–H and O–H groups in total. The minimum atomic E-state index is 0.602. The Bertz CT molecular complexity index is 550. The molecule has 2 heteroatoms. The Kier molecular flexibility index (Phi) is 2.77. The third kappa shape index (κ3) is 2.15. The molecule has 0 saturated carbocycles. The van der Waals surface area contributed by atoms with Crippen molar-refractivity contribution >= 4 is 15.9 Å². The van der Waals surface area contributed by atoms with Crippen LogP contribution in [0.15, 0.2) is 53.0 Å². The average Bonchev–Trinajstić information content (AvgIpc) is 3.06. The molecule has 0 aromatic heterocycles. The lowest BCUT2D eigenvalue weighted by Crippen LogP contribution is -1.91. The fourth-order valence-corrected chi connectivity index (χ4v) is 2.67. The van der Waals surface area contributed by atoms with Crippen LogP contribution in [-0.4, -0.2) is 18.5 Å². The standard InChI is InChI=1S/C15H14BrN/c1-17-10-15(17)14-8-3-2-7-13(14)11-5-4-6-12(16)9-11/h2-9,15H,10H2,1H3. The topological polar surface area (TPSA) is 3.01 Å². The van der Waals surface area contributed by atoms with Gasteiger partial charge in [-0.2, -0.15) is 0 Å². The van der Waals surface area contributed by atoms with E-state index >= 15 is 0 Å². The Morgan fingerprint density at radius 2 is 1.88 bits per heavy atom. The molecular weight excluding hydrogens is 274 g/mol. The summed E-state index contributed by atoms with van der Waals surface area (Å²) in [6.07, 6.45) is 0. The maximum atomic E-state index is 3.54. The largest absolute Gasteiger partial charge is 0.296 e. The predicted molar refractivity (Wildman–Crippen MR) is 74.9 cm³/mol. The molecule has 86 valence electrons. The summed E-state index contributed by atoms with van der Waals surface area (Å²) in [5.41, 5.74) is 4.08. The van der Waals surface area contributed by atoms with Gasteiger partial charge in [0, 0.05) is 17.1 Å². The molecule has 2 atom stereocenters. The molecular formula is C15H14BrN. The number of benzene rings is 2. The third-order valence-corrected chi connectivity index (χ3v) is 3.81. The molecule has 0 amide bonds. The van der Waals surface area contributed by atoms with E-state index in [1.807, 2.05) is 0 Å². The van der Waals surface area contributed by atoms with Crippen LogP contribution in [0, 0.1) is 0 Å². The number of likely N-dealkylation sites (N-methyl/N-ethyl adjacent to an activating group) is 1. The maximum Gasteiger partial charge on any atom is 0.0479 e. The van der Waals surface area contributed by atoms with Crippen molar-refractivity contribution in [3.05, 3.63) is 58.6 Å². The van der Waals surface area contributed by atoms with E-state index in [-0.39, 0.29) is 0 Å². The molecule has 0 aliphatic carbocycles. The van der Waals surface area contributed by atoms with Crippen LogP contribution in [0.1, 0.15) is 11.6 Å². The summed E-state index contributed by atoms with van der Waals surface area (Å²) in [7, 11) is 2.17. The summed E-state index contributed by atoms with van der Waals surface area (Å²) in [6, 6.07) is 17.8. The van der Waals surface area contributed by atoms with Gasteiger partial charge >= 0.3 is 0 Å². The predicted octanol–water partition coefficient (Wildman–Crippen LogP) is 4.10. The van der Waals surface area contributed by atoms with E-state index in [9.17, 15) is 0 Å². The van der Waals surface area contributed by atoms with E-state index in [4.69, 9.17) is 0 Å². The molecule has 1 nitrogen and oxygen atoms in total. The summed E-state index contributed by atoms with van der Waals surface area (Å²) >= 11 is 3.54. The SMILES string of the molecule is CN1CC1c1ccccc1-c1cccc(Br)c1. The van der Waals surface area contributed by atoms with Crippen LogP contribution in [0.3, 0.4) is 0 Å². The fraction of sp³-hybridized carbons (Fsp3) is 0.200. The van der Waals surface area contributed by atoms with Crippen molar-refractivity contribution in [2.75, 3.05) is 13.6 Å². The van der Waals surface area contributed by atoms with Gasteiger partial charge in [0.2, 0.25) is 0 Å². The molecule has 2 aromatic rings. The average molecular weight is 288 g/mol. The van der Waals surface area contributed by atoms with Gasteiger partial charge in [0.15, 0.2) is 0 Å². The lowest BCUT2D eigenvalue weighted by molar-refractivity contribution is 0.632. The van der Waals surface area contributed by atoms with Crippen molar-refractivity contribution in [2.45, 2.75) is 6.04 Å². The molecule has 0 radical (unpaired) electrons. The molecule has 1 aliphatic rings. The Balaban J connectivity index is 2.08. The summed E-state index contributed by atoms with van der Waals surface area (Å²) < 4.78 is 1.13. The monoisotopic (exact) mass is 287 g/mol. The Labute approximate surface area is 110 Å². The molecule has 1 saturated heterocycles. The van der Waals surface area contributed by atoms with Crippen molar-refractivity contribution in [1.82, 2.24) is 4.90 Å². The van der Waals surface area contributed by atoms with Crippen LogP contribution >= 0.6 is 15.9 Å². The van der Waals surface area contributed by atoms with Crippen LogP contribution in [0.25, 0.3) is 11.1 Å². The number of nitrogens with zero attached hydrogens (tertiary/aromatic N) is 1. The zero-order valence-electron chi connectivity index (χ0n) is 9.73. The van der Waals surface area contributed by atoms with E-state index in [1.165, 1.54) is 23.2 Å². The summed E-state index contributed by atoms with van der Waals surface area (Å²) in [5.74, 6) is 0. The van der Waals surface area contributed by atoms with E-state index in [1.54, 1.807) is 0 Å². The Morgan fingerprint density at radius 3 is 2.59 bits per heavy atom. The summed E-state index contributed by atoms with van der Waals surface area (Å²) in [5, 5.41) is 0. The second-order valence-corrected chi connectivity index (χ2v) is 5.47. The highest BCUT2D eigenvalue weighted by molar-refractivity contribution is 9.10. The zero-order valence-corrected chi connectivity index (χ0v) is 11.3. The molecule has 2 unspecified atom stereocenters. The van der Waals surface area contributed by atoms with Gasteiger partial charge in [-0.3, -0.25) is 4.90 Å². The zero-order chi connectivity index (χ0) is 11.8. The molecule has 1 heterocycles. The van der Waals surface area contributed by atoms with Gasteiger partial charge in [0.25, 0.3) is 0 Å². The first-order valence-electron chi connectivity index (χ1n) is 5.81. The number of halogens is 1. The van der Waals surface area contributed by atoms with Gasteiger partial charge in [0.1, 0.15) is 0 Å². The smallest absolute Gasteiger partial charge is 0.0479 e. The van der Waals surface area contributed by atoms with Crippen molar-refractivity contribution in [1.29, 1.82) is 0 Å². The molecule has 1 aliphatic heterocycles. The van der Waals surface area contributed by atoms with Crippen LogP contribution < -0.4 is 0 Å². The van der Waals surface area contributed by atoms with E-state index in [0.717, 1.165) is 4.47 Å². The van der Waals surface area contributed by atoms with Gasteiger partial charge in [-0.05, 0) is 35.9 Å². The highest BCUT2D eigenvalue weighted by atomic mass is 79.9. The number of rotatable bonds is 2. The summed E-state index contributed by atoms with van der Waals surface area (Å²) in [4.78, 5) is 2.36. The van der Waals surface area contributed by atoms with Gasteiger partial charge in [-0.25, -0.2) is 0 Å². The lowest BCUT2D eigenvalue weighted by Gasteiger charge is -2.09. The maximum absolute atomic E-state index is 3.54. The summed E-state index contributed by atoms with van der Waals surface area (Å²) in [6.45, 7) is 1.17. The number of hydrogen-bond donors (Lipinski definition) is 0. The quantitative estimate of drug-likeness (QED) is 0.752. The van der Waals surface area contributed by atoms with E-state index in [0.29, 0.717) is 6.04 Å². The highest BCUT2D eigenvalue weighted by Crippen LogP contribution is 2.38. The van der Waals surface area contributed by atoms with Crippen molar-refractivity contribution in [3.8, 4) is 11.1 Å². The van der Waals surface area contributed by atoms with Crippen molar-refractivity contribution < 1.29 is 0 Å². The van der Waals surface area contributed by atoms with Crippen LogP contribution in [0.5, 0.6) is 0 Å². The molecule has 0 bridgehead atoms. The lowest BCUT2D eigenvalue weighted by atomic mass is 9.98. The second-order valence-electron chi connectivity index (χ2n) is 4.55. The van der Waals surface area contributed by atoms with E-state index < -0.39 is 0 Å².